The number of nitrogens with two attached hydrogens (primary N) is 1. The number of nitrogen functional groups attached to an aromatic ring is 1. The van der Waals surface area contributed by atoms with E-state index < -0.39 is 0 Å². The number of amides is 1. The van der Waals surface area contributed by atoms with Crippen molar-refractivity contribution in [3.05, 3.63) is 53.1 Å². The lowest BCUT2D eigenvalue weighted by atomic mass is 10.1. The molecule has 3 rings (SSSR count). The number of hydrogen-bond donors (Lipinski definition) is 1. The van der Waals surface area contributed by atoms with E-state index in [0.717, 1.165) is 36.6 Å². The second kappa shape index (κ2) is 7.40. The van der Waals surface area contributed by atoms with Gasteiger partial charge in [-0.1, -0.05) is 17.7 Å². The van der Waals surface area contributed by atoms with Crippen LogP contribution in [0.5, 0.6) is 0 Å². The number of anilines is 2. The zero-order chi connectivity index (χ0) is 18.0. The van der Waals surface area contributed by atoms with Crippen LogP contribution in [0.15, 0.2) is 41.3 Å². The van der Waals surface area contributed by atoms with Gasteiger partial charge in [0.2, 0.25) is 0 Å². The number of benzene rings is 2. The van der Waals surface area contributed by atoms with E-state index in [1.165, 1.54) is 16.8 Å². The van der Waals surface area contributed by atoms with Crippen LogP contribution in [0, 0.1) is 13.8 Å². The largest absolute Gasteiger partial charge is 0.399 e. The van der Waals surface area contributed by atoms with Crippen LogP contribution in [0.4, 0.5) is 11.4 Å². The summed E-state index contributed by atoms with van der Waals surface area (Å²) in [6.07, 6.45) is 1.98. The van der Waals surface area contributed by atoms with Gasteiger partial charge in [-0.3, -0.25) is 4.79 Å². The molecule has 0 atom stereocenters. The lowest BCUT2D eigenvalue weighted by Crippen LogP contribution is -2.49. The molecule has 1 fully saturated rings. The van der Waals surface area contributed by atoms with E-state index in [9.17, 15) is 4.79 Å². The van der Waals surface area contributed by atoms with E-state index in [1.807, 2.05) is 23.3 Å². The smallest absolute Gasteiger partial charge is 0.255 e. The predicted molar refractivity (Wildman–Crippen MR) is 107 cm³/mol. The first kappa shape index (κ1) is 17.7. The third-order valence-corrected chi connectivity index (χ3v) is 5.49. The molecule has 0 bridgehead atoms. The molecule has 4 nitrogen and oxygen atoms in total. The third kappa shape index (κ3) is 3.76. The fourth-order valence-electron chi connectivity index (χ4n) is 3.37. The normalized spacial score (nSPS) is 14.7. The van der Waals surface area contributed by atoms with Crippen LogP contribution < -0.4 is 10.6 Å². The summed E-state index contributed by atoms with van der Waals surface area (Å²) < 4.78 is 0. The monoisotopic (exact) mass is 355 g/mol. The zero-order valence-electron chi connectivity index (χ0n) is 15.1. The first-order valence-electron chi connectivity index (χ1n) is 8.54. The van der Waals surface area contributed by atoms with E-state index >= 15 is 0 Å². The Balaban J connectivity index is 1.71. The number of piperazine rings is 1. The highest BCUT2D eigenvalue weighted by atomic mass is 32.2. The molecule has 0 aliphatic carbocycles. The maximum absolute atomic E-state index is 12.9. The Morgan fingerprint density at radius 2 is 1.76 bits per heavy atom. The molecular weight excluding hydrogens is 330 g/mol. The predicted octanol–water partition coefficient (Wildman–Crippen LogP) is 3.57. The second-order valence-electron chi connectivity index (χ2n) is 6.53. The molecule has 1 heterocycles. The lowest BCUT2D eigenvalue weighted by Gasteiger charge is -2.37. The zero-order valence-corrected chi connectivity index (χ0v) is 15.9. The summed E-state index contributed by atoms with van der Waals surface area (Å²) >= 11 is 1.56. The second-order valence-corrected chi connectivity index (χ2v) is 7.38. The highest BCUT2D eigenvalue weighted by Gasteiger charge is 2.24. The minimum absolute atomic E-state index is 0.102. The molecule has 0 radical (unpaired) electrons. The fraction of sp³-hybridized carbons (Fsp3) is 0.350. The molecule has 2 N–H and O–H groups in total. The van der Waals surface area contributed by atoms with Gasteiger partial charge in [-0.2, -0.15) is 0 Å². The number of carbonyl (C=O) groups excluding carboxylic acids is 1. The molecule has 2 aromatic rings. The Morgan fingerprint density at radius 3 is 2.40 bits per heavy atom. The third-order valence-electron chi connectivity index (χ3n) is 4.72. The maximum Gasteiger partial charge on any atom is 0.255 e. The van der Waals surface area contributed by atoms with Crippen molar-refractivity contribution in [2.24, 2.45) is 0 Å². The van der Waals surface area contributed by atoms with E-state index in [1.54, 1.807) is 17.8 Å². The van der Waals surface area contributed by atoms with E-state index in [4.69, 9.17) is 5.73 Å². The Bertz CT molecular complexity index is 783. The summed E-state index contributed by atoms with van der Waals surface area (Å²) in [5, 5.41) is 0. The topological polar surface area (TPSA) is 49.6 Å². The van der Waals surface area contributed by atoms with Crippen molar-refractivity contribution in [3.8, 4) is 0 Å². The Kier molecular flexibility index (Phi) is 5.23. The minimum atomic E-state index is 0.102. The lowest BCUT2D eigenvalue weighted by molar-refractivity contribution is 0.0743. The van der Waals surface area contributed by atoms with Crippen LogP contribution in [0.25, 0.3) is 0 Å². The number of hydrogen-bond acceptors (Lipinski definition) is 4. The molecule has 1 aliphatic heterocycles. The fourth-order valence-corrected chi connectivity index (χ4v) is 3.99. The highest BCUT2D eigenvalue weighted by molar-refractivity contribution is 7.98. The standard InChI is InChI=1S/C20H25N3OS/c1-14-4-7-18(15(2)12-14)22-8-10-23(11-9-22)20(24)17-6-5-16(21)13-19(17)25-3/h4-7,12-13H,8-11,21H2,1-3H3. The molecule has 5 heteroatoms. The van der Waals surface area contributed by atoms with Gasteiger partial charge in [0.05, 0.1) is 5.56 Å². The SMILES string of the molecule is CSc1cc(N)ccc1C(=O)N1CCN(c2ccc(C)cc2C)CC1. The average molecular weight is 356 g/mol. The number of thioether (sulfide) groups is 1. The number of carbonyl (C=O) groups is 1. The molecular formula is C20H25N3OS. The number of rotatable bonds is 3. The molecule has 0 spiro atoms. The molecule has 1 saturated heterocycles. The van der Waals surface area contributed by atoms with Crippen molar-refractivity contribution in [1.29, 1.82) is 0 Å². The van der Waals surface area contributed by atoms with E-state index in [2.05, 4.69) is 36.9 Å². The molecule has 0 saturated carbocycles. The summed E-state index contributed by atoms with van der Waals surface area (Å²) in [6.45, 7) is 7.47. The van der Waals surface area contributed by atoms with Crippen LogP contribution >= 0.6 is 11.8 Å². The Morgan fingerprint density at radius 1 is 1.04 bits per heavy atom. The summed E-state index contributed by atoms with van der Waals surface area (Å²) in [5.74, 6) is 0.102. The van der Waals surface area contributed by atoms with Gasteiger partial charge in [-0.25, -0.2) is 0 Å². The molecule has 1 amide bonds. The molecule has 2 aromatic carbocycles. The molecule has 132 valence electrons. The summed E-state index contributed by atoms with van der Waals surface area (Å²) in [6, 6.07) is 12.1. The van der Waals surface area contributed by atoms with Crippen LogP contribution in [0.3, 0.4) is 0 Å². The Hall–Kier alpha value is -2.14. The summed E-state index contributed by atoms with van der Waals surface area (Å²) in [7, 11) is 0. The van der Waals surface area contributed by atoms with Crippen molar-refractivity contribution in [1.82, 2.24) is 4.90 Å². The van der Waals surface area contributed by atoms with Crippen molar-refractivity contribution in [2.75, 3.05) is 43.1 Å². The summed E-state index contributed by atoms with van der Waals surface area (Å²) in [5.41, 5.74) is 11.1. The van der Waals surface area contributed by atoms with Crippen molar-refractivity contribution >= 4 is 29.0 Å². The highest BCUT2D eigenvalue weighted by Crippen LogP contribution is 2.26. The van der Waals surface area contributed by atoms with E-state index in [0.29, 0.717) is 5.69 Å². The minimum Gasteiger partial charge on any atom is -0.399 e. The first-order valence-corrected chi connectivity index (χ1v) is 9.77. The van der Waals surface area contributed by atoms with Gasteiger partial charge in [0.1, 0.15) is 0 Å². The number of aryl methyl sites for hydroxylation is 2. The van der Waals surface area contributed by atoms with Gasteiger partial charge in [0.25, 0.3) is 5.91 Å². The Labute approximate surface area is 154 Å². The van der Waals surface area contributed by atoms with E-state index in [-0.39, 0.29) is 5.91 Å². The van der Waals surface area contributed by atoms with Crippen molar-refractivity contribution < 1.29 is 4.79 Å². The van der Waals surface area contributed by atoms with Crippen LogP contribution in [0.2, 0.25) is 0 Å². The van der Waals surface area contributed by atoms with Gasteiger partial charge >= 0.3 is 0 Å². The van der Waals surface area contributed by atoms with Crippen LogP contribution in [-0.4, -0.2) is 43.2 Å². The van der Waals surface area contributed by atoms with Crippen LogP contribution in [0.1, 0.15) is 21.5 Å². The van der Waals surface area contributed by atoms with Gasteiger partial charge in [-0.15, -0.1) is 11.8 Å². The van der Waals surface area contributed by atoms with Crippen molar-refractivity contribution in [2.45, 2.75) is 18.7 Å². The van der Waals surface area contributed by atoms with Gasteiger partial charge in [0, 0.05) is 42.4 Å². The number of nitrogens with zero attached hydrogens (tertiary/aromatic N) is 2. The molecule has 0 aromatic heterocycles. The summed E-state index contributed by atoms with van der Waals surface area (Å²) in [4.78, 5) is 18.2. The van der Waals surface area contributed by atoms with Gasteiger partial charge < -0.3 is 15.5 Å². The molecule has 1 aliphatic rings. The first-order chi connectivity index (χ1) is 12.0. The van der Waals surface area contributed by atoms with Gasteiger partial charge in [-0.05, 0) is 49.9 Å². The molecule has 25 heavy (non-hydrogen) atoms. The van der Waals surface area contributed by atoms with Gasteiger partial charge in [0.15, 0.2) is 0 Å². The van der Waals surface area contributed by atoms with Crippen molar-refractivity contribution in [3.63, 3.8) is 0 Å². The maximum atomic E-state index is 12.9. The van der Waals surface area contributed by atoms with Crippen LogP contribution in [-0.2, 0) is 0 Å². The quantitative estimate of drug-likeness (QED) is 0.675. The molecule has 0 unspecified atom stereocenters. The average Bonchev–Trinajstić information content (AvgIpc) is 2.61.